The monoisotopic (exact) mass is 270 g/mol. The first-order valence-corrected chi connectivity index (χ1v) is 6.83. The molecule has 1 N–H and O–H groups in total. The second-order valence-electron chi connectivity index (χ2n) is 4.99. The van der Waals surface area contributed by atoms with Crippen molar-refractivity contribution in [1.29, 1.82) is 0 Å². The van der Waals surface area contributed by atoms with Crippen LogP contribution >= 0.6 is 0 Å². The molecule has 1 amide bonds. The number of carbonyl (C=O) groups excluding carboxylic acids is 1. The zero-order valence-corrected chi connectivity index (χ0v) is 11.8. The number of nitrogens with one attached hydrogen (secondary N) is 1. The minimum Gasteiger partial charge on any atom is -0.358 e. The third-order valence-electron chi connectivity index (χ3n) is 3.63. The summed E-state index contributed by atoms with van der Waals surface area (Å²) < 4.78 is 1.76. The van der Waals surface area contributed by atoms with E-state index < -0.39 is 0 Å². The predicted molar refractivity (Wildman–Crippen MR) is 78.7 cm³/mol. The molecule has 1 aromatic carbocycles. The number of carbonyl (C=O) groups is 1. The van der Waals surface area contributed by atoms with E-state index in [9.17, 15) is 4.79 Å². The molecule has 2 aromatic rings. The van der Waals surface area contributed by atoms with Crippen LogP contribution < -0.4 is 10.2 Å². The highest BCUT2D eigenvalue weighted by atomic mass is 16.2. The van der Waals surface area contributed by atoms with Gasteiger partial charge in [0.2, 0.25) is 5.91 Å². The van der Waals surface area contributed by atoms with Crippen LogP contribution in [0.25, 0.3) is 0 Å². The van der Waals surface area contributed by atoms with E-state index in [1.165, 1.54) is 0 Å². The van der Waals surface area contributed by atoms with Crippen molar-refractivity contribution in [3.63, 3.8) is 0 Å². The lowest BCUT2D eigenvalue weighted by Gasteiger charge is -2.21. The fourth-order valence-corrected chi connectivity index (χ4v) is 2.64. The van der Waals surface area contributed by atoms with Gasteiger partial charge in [0.05, 0.1) is 12.2 Å². The predicted octanol–water partition coefficient (Wildman–Crippen LogP) is 1.94. The van der Waals surface area contributed by atoms with E-state index in [-0.39, 0.29) is 5.91 Å². The van der Waals surface area contributed by atoms with E-state index in [4.69, 9.17) is 0 Å². The third-order valence-corrected chi connectivity index (χ3v) is 3.63. The number of para-hydroxylation sites is 1. The summed E-state index contributed by atoms with van der Waals surface area (Å²) >= 11 is 0. The first-order chi connectivity index (χ1) is 9.69. The number of benzene rings is 1. The van der Waals surface area contributed by atoms with Crippen LogP contribution in [0.1, 0.15) is 18.2 Å². The van der Waals surface area contributed by atoms with Gasteiger partial charge in [0.25, 0.3) is 0 Å². The lowest BCUT2D eigenvalue weighted by atomic mass is 10.1. The molecule has 5 heteroatoms. The molecule has 20 heavy (non-hydrogen) atoms. The van der Waals surface area contributed by atoms with Gasteiger partial charge in [-0.2, -0.15) is 5.10 Å². The summed E-state index contributed by atoms with van der Waals surface area (Å²) in [5.74, 6) is 0.823. The van der Waals surface area contributed by atoms with Gasteiger partial charge in [0.15, 0.2) is 0 Å². The molecule has 2 heterocycles. The molecule has 1 aliphatic heterocycles. The topological polar surface area (TPSA) is 50.2 Å². The molecule has 1 aromatic heterocycles. The van der Waals surface area contributed by atoms with Crippen molar-refractivity contribution in [2.75, 3.05) is 16.8 Å². The van der Waals surface area contributed by atoms with E-state index >= 15 is 0 Å². The van der Waals surface area contributed by atoms with Gasteiger partial charge in [-0.1, -0.05) is 25.1 Å². The minimum atomic E-state index is -0.00161. The number of aromatic nitrogens is 2. The van der Waals surface area contributed by atoms with Gasteiger partial charge in [-0.15, -0.1) is 0 Å². The molecular formula is C15H18N4O. The number of fused-ring (bicyclic) bond motifs is 1. The van der Waals surface area contributed by atoms with Crippen LogP contribution in [-0.2, 0) is 24.8 Å². The number of anilines is 2. The van der Waals surface area contributed by atoms with Crippen molar-refractivity contribution < 1.29 is 4.79 Å². The molecule has 0 bridgehead atoms. The SMILES string of the molecule is CCc1nn(C)c2c1CN(c1ccccc1)CC(=O)N2. The lowest BCUT2D eigenvalue weighted by molar-refractivity contribution is -0.114. The normalized spacial score (nSPS) is 14.7. The van der Waals surface area contributed by atoms with Crippen molar-refractivity contribution in [3.8, 4) is 0 Å². The molecule has 104 valence electrons. The molecule has 0 radical (unpaired) electrons. The molecule has 0 saturated heterocycles. The number of nitrogens with zero attached hydrogens (tertiary/aromatic N) is 3. The maximum atomic E-state index is 12.1. The van der Waals surface area contributed by atoms with Gasteiger partial charge >= 0.3 is 0 Å². The molecule has 0 aliphatic carbocycles. The van der Waals surface area contributed by atoms with Crippen molar-refractivity contribution >= 4 is 17.4 Å². The second kappa shape index (κ2) is 5.00. The molecular weight excluding hydrogens is 252 g/mol. The summed E-state index contributed by atoms with van der Waals surface area (Å²) in [6.07, 6.45) is 0.863. The minimum absolute atomic E-state index is 0.00161. The number of hydrogen-bond acceptors (Lipinski definition) is 3. The smallest absolute Gasteiger partial charge is 0.245 e. The summed E-state index contributed by atoms with van der Waals surface area (Å²) in [7, 11) is 1.87. The Morgan fingerprint density at radius 2 is 2.00 bits per heavy atom. The zero-order valence-electron chi connectivity index (χ0n) is 11.8. The highest BCUT2D eigenvalue weighted by Gasteiger charge is 2.25. The molecule has 3 rings (SSSR count). The van der Waals surface area contributed by atoms with Crippen molar-refractivity contribution in [2.24, 2.45) is 7.05 Å². The van der Waals surface area contributed by atoms with E-state index in [1.54, 1.807) is 4.68 Å². The van der Waals surface area contributed by atoms with E-state index in [2.05, 4.69) is 22.2 Å². The van der Waals surface area contributed by atoms with Crippen molar-refractivity contribution in [2.45, 2.75) is 19.9 Å². The second-order valence-corrected chi connectivity index (χ2v) is 4.99. The summed E-state index contributed by atoms with van der Waals surface area (Å²) in [6.45, 7) is 3.15. The van der Waals surface area contributed by atoms with Crippen LogP contribution in [0, 0.1) is 0 Å². The summed E-state index contributed by atoms with van der Waals surface area (Å²) in [4.78, 5) is 14.2. The van der Waals surface area contributed by atoms with Gasteiger partial charge in [-0.3, -0.25) is 9.48 Å². The Balaban J connectivity index is 2.03. The van der Waals surface area contributed by atoms with Crippen LogP contribution in [0.15, 0.2) is 30.3 Å². The van der Waals surface area contributed by atoms with Crippen LogP contribution in [-0.4, -0.2) is 22.2 Å². The summed E-state index contributed by atoms with van der Waals surface area (Å²) in [5.41, 5.74) is 3.22. The number of amides is 1. The van der Waals surface area contributed by atoms with Gasteiger partial charge in [0.1, 0.15) is 5.82 Å². The van der Waals surface area contributed by atoms with Crippen LogP contribution in [0.3, 0.4) is 0 Å². The Kier molecular flexibility index (Phi) is 3.18. The standard InChI is InChI=1S/C15H18N4O/c1-3-13-12-9-19(11-7-5-4-6-8-11)10-14(20)16-15(12)18(2)17-13/h4-8H,3,9-10H2,1-2H3,(H,16,20). The van der Waals surface area contributed by atoms with Gasteiger partial charge in [0, 0.05) is 24.8 Å². The zero-order chi connectivity index (χ0) is 14.1. The first-order valence-electron chi connectivity index (χ1n) is 6.83. The number of rotatable bonds is 2. The highest BCUT2D eigenvalue weighted by molar-refractivity contribution is 5.95. The average Bonchev–Trinajstić information content (AvgIpc) is 2.65. The highest BCUT2D eigenvalue weighted by Crippen LogP contribution is 2.27. The van der Waals surface area contributed by atoms with E-state index in [0.29, 0.717) is 13.1 Å². The fraction of sp³-hybridized carbons (Fsp3) is 0.333. The number of aryl methyl sites for hydroxylation is 2. The van der Waals surface area contributed by atoms with Gasteiger partial charge < -0.3 is 10.2 Å². The first kappa shape index (κ1) is 12.7. The molecule has 1 aliphatic rings. The fourth-order valence-electron chi connectivity index (χ4n) is 2.64. The maximum Gasteiger partial charge on any atom is 0.245 e. The Morgan fingerprint density at radius 1 is 1.25 bits per heavy atom. The van der Waals surface area contributed by atoms with E-state index in [1.807, 2.05) is 37.4 Å². The third kappa shape index (κ3) is 2.15. The molecule has 0 atom stereocenters. The van der Waals surface area contributed by atoms with Crippen LogP contribution in [0.4, 0.5) is 11.5 Å². The molecule has 0 fully saturated rings. The average molecular weight is 270 g/mol. The van der Waals surface area contributed by atoms with Crippen molar-refractivity contribution in [1.82, 2.24) is 9.78 Å². The largest absolute Gasteiger partial charge is 0.358 e. The van der Waals surface area contributed by atoms with E-state index in [0.717, 1.165) is 29.2 Å². The maximum absolute atomic E-state index is 12.1. The quantitative estimate of drug-likeness (QED) is 0.907. The van der Waals surface area contributed by atoms with Crippen molar-refractivity contribution in [3.05, 3.63) is 41.6 Å². The molecule has 0 saturated carbocycles. The van der Waals surface area contributed by atoms with Gasteiger partial charge in [-0.25, -0.2) is 0 Å². The van der Waals surface area contributed by atoms with Crippen LogP contribution in [0.2, 0.25) is 0 Å². The Hall–Kier alpha value is -2.30. The van der Waals surface area contributed by atoms with Gasteiger partial charge in [-0.05, 0) is 18.6 Å². The van der Waals surface area contributed by atoms with Crippen LogP contribution in [0.5, 0.6) is 0 Å². The lowest BCUT2D eigenvalue weighted by Crippen LogP contribution is -2.30. The molecule has 5 nitrogen and oxygen atoms in total. The number of hydrogen-bond donors (Lipinski definition) is 1. The summed E-state index contributed by atoms with van der Waals surface area (Å²) in [5, 5.41) is 7.46. The molecule has 0 unspecified atom stereocenters. The Bertz CT molecular complexity index is 633. The molecule has 0 spiro atoms. The Morgan fingerprint density at radius 3 is 2.70 bits per heavy atom. The summed E-state index contributed by atoms with van der Waals surface area (Å²) in [6, 6.07) is 10.0. The Labute approximate surface area is 118 Å².